The van der Waals surface area contributed by atoms with E-state index in [-0.39, 0.29) is 11.8 Å². The van der Waals surface area contributed by atoms with Gasteiger partial charge in [-0.15, -0.1) is 0 Å². The van der Waals surface area contributed by atoms with Crippen LogP contribution in [0.1, 0.15) is 38.9 Å². The normalized spacial score (nSPS) is 12.1. The molecule has 154 valence electrons. The summed E-state index contributed by atoms with van der Waals surface area (Å²) in [6, 6.07) is 16.7. The number of aromatic amines is 1. The number of nitrogens with zero attached hydrogens (tertiary/aromatic N) is 2. The number of amides is 1. The minimum absolute atomic E-state index is 0.00165. The van der Waals surface area contributed by atoms with Gasteiger partial charge >= 0.3 is 0 Å². The molecule has 1 unspecified atom stereocenters. The van der Waals surface area contributed by atoms with Gasteiger partial charge in [0, 0.05) is 49.3 Å². The molecule has 0 fully saturated rings. The first-order valence-corrected chi connectivity index (χ1v) is 10.00. The first-order valence-electron chi connectivity index (χ1n) is 10.00. The van der Waals surface area contributed by atoms with Crippen molar-refractivity contribution in [2.45, 2.75) is 19.8 Å². The Kier molecular flexibility index (Phi) is 5.31. The fourth-order valence-corrected chi connectivity index (χ4v) is 3.88. The quantitative estimate of drug-likeness (QED) is 0.501. The lowest BCUT2D eigenvalue weighted by atomic mass is 9.90. The van der Waals surface area contributed by atoms with E-state index in [2.05, 4.69) is 56.8 Å². The van der Waals surface area contributed by atoms with Crippen molar-refractivity contribution >= 4 is 22.5 Å². The molecule has 0 aliphatic carbocycles. The highest BCUT2D eigenvalue weighted by molar-refractivity contribution is 5.96. The molecule has 0 saturated carbocycles. The summed E-state index contributed by atoms with van der Waals surface area (Å²) in [6.07, 6.45) is 2.04. The topological polar surface area (TPSA) is 74.2 Å². The van der Waals surface area contributed by atoms with Gasteiger partial charge in [0.25, 0.3) is 5.91 Å². The van der Waals surface area contributed by atoms with E-state index >= 15 is 0 Å². The van der Waals surface area contributed by atoms with Crippen LogP contribution < -0.4 is 10.2 Å². The molecular formula is C24H26N4O2. The summed E-state index contributed by atoms with van der Waals surface area (Å²) in [5.74, 6) is 0.367. The van der Waals surface area contributed by atoms with Gasteiger partial charge in [0.2, 0.25) is 0 Å². The zero-order valence-electron chi connectivity index (χ0n) is 17.7. The molecule has 1 amide bonds. The zero-order chi connectivity index (χ0) is 21.3. The van der Waals surface area contributed by atoms with Crippen LogP contribution in [0.25, 0.3) is 10.9 Å². The van der Waals surface area contributed by atoms with Crippen LogP contribution in [0.15, 0.2) is 59.3 Å². The standard InChI is InChI=1S/C24H26N4O2/c1-15-23(16(2)30-27-15)24(29)26-13-20(17-9-11-18(12-10-17)28(3)4)21-14-25-22-8-6-5-7-19(21)22/h5-12,14,20,25H,13H2,1-4H3,(H,26,29). The number of carbonyl (C=O) groups is 1. The fraction of sp³-hybridized carbons (Fsp3) is 0.250. The van der Waals surface area contributed by atoms with Gasteiger partial charge in [-0.1, -0.05) is 35.5 Å². The number of hydrogen-bond acceptors (Lipinski definition) is 4. The molecule has 1 atom stereocenters. The molecule has 0 aliphatic rings. The summed E-state index contributed by atoms with van der Waals surface area (Å²) in [4.78, 5) is 18.3. The van der Waals surface area contributed by atoms with Gasteiger partial charge in [-0.05, 0) is 43.2 Å². The van der Waals surface area contributed by atoms with Gasteiger partial charge < -0.3 is 19.7 Å². The fourth-order valence-electron chi connectivity index (χ4n) is 3.88. The Hall–Kier alpha value is -3.54. The number of aromatic nitrogens is 2. The number of nitrogens with one attached hydrogen (secondary N) is 2. The predicted molar refractivity (Wildman–Crippen MR) is 119 cm³/mol. The maximum absolute atomic E-state index is 12.8. The first kappa shape index (κ1) is 19.8. The van der Waals surface area contributed by atoms with Crippen LogP contribution >= 0.6 is 0 Å². The van der Waals surface area contributed by atoms with Crippen molar-refractivity contribution in [3.05, 3.63) is 82.9 Å². The van der Waals surface area contributed by atoms with E-state index in [1.807, 2.05) is 32.4 Å². The van der Waals surface area contributed by atoms with E-state index in [0.29, 0.717) is 23.6 Å². The van der Waals surface area contributed by atoms with Crippen molar-refractivity contribution in [3.63, 3.8) is 0 Å². The average molecular weight is 402 g/mol. The second-order valence-electron chi connectivity index (χ2n) is 7.74. The molecule has 2 N–H and O–H groups in total. The van der Waals surface area contributed by atoms with Crippen molar-refractivity contribution < 1.29 is 9.32 Å². The summed E-state index contributed by atoms with van der Waals surface area (Å²) in [5.41, 5.74) is 5.63. The SMILES string of the molecule is Cc1noc(C)c1C(=O)NCC(c1ccc(N(C)C)cc1)c1c[nH]c2ccccc12. The maximum atomic E-state index is 12.8. The molecule has 0 radical (unpaired) electrons. The van der Waals surface area contributed by atoms with Crippen molar-refractivity contribution in [1.82, 2.24) is 15.5 Å². The number of anilines is 1. The highest BCUT2D eigenvalue weighted by Crippen LogP contribution is 2.31. The minimum Gasteiger partial charge on any atom is -0.378 e. The molecule has 0 aliphatic heterocycles. The molecule has 6 heteroatoms. The Morgan fingerprint density at radius 2 is 1.87 bits per heavy atom. The first-order chi connectivity index (χ1) is 14.5. The molecule has 2 heterocycles. The second kappa shape index (κ2) is 8.06. The molecule has 0 saturated heterocycles. The third kappa shape index (κ3) is 3.68. The molecule has 4 aromatic rings. The minimum atomic E-state index is -0.166. The van der Waals surface area contributed by atoms with Crippen LogP contribution in [0.5, 0.6) is 0 Å². The van der Waals surface area contributed by atoms with E-state index in [0.717, 1.165) is 27.7 Å². The largest absolute Gasteiger partial charge is 0.378 e. The van der Waals surface area contributed by atoms with Crippen molar-refractivity contribution in [1.29, 1.82) is 0 Å². The van der Waals surface area contributed by atoms with Crippen LogP contribution in [0.4, 0.5) is 5.69 Å². The molecule has 30 heavy (non-hydrogen) atoms. The number of H-pyrrole nitrogens is 1. The van der Waals surface area contributed by atoms with Gasteiger partial charge in [0.05, 0.1) is 5.69 Å². The van der Waals surface area contributed by atoms with E-state index in [9.17, 15) is 4.79 Å². The van der Waals surface area contributed by atoms with E-state index in [4.69, 9.17) is 4.52 Å². The zero-order valence-corrected chi connectivity index (χ0v) is 17.7. The van der Waals surface area contributed by atoms with Gasteiger partial charge in [-0.25, -0.2) is 0 Å². The van der Waals surface area contributed by atoms with Crippen LogP contribution in [0, 0.1) is 13.8 Å². The average Bonchev–Trinajstić information content (AvgIpc) is 3.31. The van der Waals surface area contributed by atoms with E-state index < -0.39 is 0 Å². The monoisotopic (exact) mass is 402 g/mol. The number of rotatable bonds is 6. The van der Waals surface area contributed by atoms with E-state index in [1.165, 1.54) is 0 Å². The number of para-hydroxylation sites is 1. The third-order valence-electron chi connectivity index (χ3n) is 5.54. The predicted octanol–water partition coefficient (Wildman–Crippen LogP) is 4.40. The molecule has 0 spiro atoms. The third-order valence-corrected chi connectivity index (χ3v) is 5.54. The summed E-state index contributed by atoms with van der Waals surface area (Å²) in [7, 11) is 4.05. The van der Waals surface area contributed by atoms with Gasteiger partial charge in [0.15, 0.2) is 0 Å². The molecule has 6 nitrogen and oxygen atoms in total. The summed E-state index contributed by atoms with van der Waals surface area (Å²) < 4.78 is 5.15. The maximum Gasteiger partial charge on any atom is 0.256 e. The number of fused-ring (bicyclic) bond motifs is 1. The van der Waals surface area contributed by atoms with Crippen LogP contribution in [-0.4, -0.2) is 36.7 Å². The van der Waals surface area contributed by atoms with Crippen LogP contribution in [0.2, 0.25) is 0 Å². The van der Waals surface area contributed by atoms with Gasteiger partial charge in [-0.2, -0.15) is 0 Å². The lowest BCUT2D eigenvalue weighted by Crippen LogP contribution is -2.29. The highest BCUT2D eigenvalue weighted by atomic mass is 16.5. The lowest BCUT2D eigenvalue weighted by molar-refractivity contribution is 0.0950. The second-order valence-corrected chi connectivity index (χ2v) is 7.74. The Bertz CT molecular complexity index is 1150. The van der Waals surface area contributed by atoms with Gasteiger partial charge in [-0.3, -0.25) is 4.79 Å². The smallest absolute Gasteiger partial charge is 0.256 e. The molecule has 4 rings (SSSR count). The molecule has 0 bridgehead atoms. The van der Waals surface area contributed by atoms with Crippen molar-refractivity contribution in [3.8, 4) is 0 Å². The highest BCUT2D eigenvalue weighted by Gasteiger charge is 2.22. The Balaban J connectivity index is 1.68. The number of hydrogen-bond donors (Lipinski definition) is 2. The number of benzene rings is 2. The number of aryl methyl sites for hydroxylation is 2. The molecule has 2 aromatic heterocycles. The lowest BCUT2D eigenvalue weighted by Gasteiger charge is -2.20. The Morgan fingerprint density at radius 1 is 1.13 bits per heavy atom. The van der Waals surface area contributed by atoms with Crippen LogP contribution in [0.3, 0.4) is 0 Å². The van der Waals surface area contributed by atoms with Crippen molar-refractivity contribution in [2.75, 3.05) is 25.5 Å². The van der Waals surface area contributed by atoms with Gasteiger partial charge in [0.1, 0.15) is 11.3 Å². The summed E-state index contributed by atoms with van der Waals surface area (Å²) >= 11 is 0. The van der Waals surface area contributed by atoms with E-state index in [1.54, 1.807) is 13.8 Å². The number of carbonyl (C=O) groups excluding carboxylic acids is 1. The molecular weight excluding hydrogens is 376 g/mol. The summed E-state index contributed by atoms with van der Waals surface area (Å²) in [6.45, 7) is 4.00. The van der Waals surface area contributed by atoms with Crippen molar-refractivity contribution in [2.24, 2.45) is 0 Å². The Labute approximate surface area is 175 Å². The Morgan fingerprint density at radius 3 is 2.53 bits per heavy atom. The van der Waals surface area contributed by atoms with Crippen LogP contribution in [-0.2, 0) is 0 Å². The summed E-state index contributed by atoms with van der Waals surface area (Å²) in [5, 5.41) is 8.14. The molecule has 2 aromatic carbocycles.